The fraction of sp³-hybridized carbons (Fsp3) is 0.462. The Morgan fingerprint density at radius 2 is 2.03 bits per heavy atom. The zero-order valence-electron chi connectivity index (χ0n) is 21.8. The number of nitrogen functional groups attached to an aromatic ring is 1. The number of aromatic amines is 1. The van der Waals surface area contributed by atoms with E-state index in [1.54, 1.807) is 7.11 Å². The number of carbonyl (C=O) groups is 1. The minimum absolute atomic E-state index is 0.0518. The number of hydrogen-bond donors (Lipinski definition) is 4. The minimum Gasteiger partial charge on any atom is -0.495 e. The van der Waals surface area contributed by atoms with Crippen molar-refractivity contribution in [2.75, 3.05) is 49.2 Å². The van der Waals surface area contributed by atoms with Gasteiger partial charge in [-0.1, -0.05) is 0 Å². The van der Waals surface area contributed by atoms with Crippen molar-refractivity contribution in [3.05, 3.63) is 46.0 Å². The molecule has 5 rings (SSSR count). The van der Waals surface area contributed by atoms with Crippen LogP contribution in [0.25, 0.3) is 11.0 Å². The number of ether oxygens (including phenoxy) is 1. The summed E-state index contributed by atoms with van der Waals surface area (Å²) < 4.78 is 32.9. The molecule has 0 radical (unpaired) electrons. The number of piperidine rings is 1. The first-order valence-corrected chi connectivity index (χ1v) is 12.9. The Balaban J connectivity index is 1.28. The molecule has 4 heterocycles. The number of nitrogens with zero attached hydrogens (tertiary/aromatic N) is 4. The Hall–Kier alpha value is -4.00. The molecule has 1 amide bonds. The molecule has 39 heavy (non-hydrogen) atoms. The summed E-state index contributed by atoms with van der Waals surface area (Å²) >= 11 is 0. The lowest BCUT2D eigenvalue weighted by Crippen LogP contribution is -2.44. The lowest BCUT2D eigenvalue weighted by atomic mass is 10.0. The summed E-state index contributed by atoms with van der Waals surface area (Å²) in [6, 6.07) is 5.67. The predicted molar refractivity (Wildman–Crippen MR) is 144 cm³/mol. The highest BCUT2D eigenvalue weighted by atomic mass is 19.3. The van der Waals surface area contributed by atoms with Crippen LogP contribution in [0.3, 0.4) is 0 Å². The van der Waals surface area contributed by atoms with Crippen molar-refractivity contribution in [2.24, 2.45) is 5.73 Å². The molecule has 3 aromatic rings. The van der Waals surface area contributed by atoms with Crippen LogP contribution in [-0.2, 0) is 0 Å². The van der Waals surface area contributed by atoms with Crippen LogP contribution in [0, 0.1) is 0 Å². The number of amides is 1. The number of primary amides is 1. The van der Waals surface area contributed by atoms with E-state index in [9.17, 15) is 18.4 Å². The summed E-state index contributed by atoms with van der Waals surface area (Å²) in [6.45, 7) is 3.75. The first kappa shape index (κ1) is 26.6. The summed E-state index contributed by atoms with van der Waals surface area (Å²) in [5.74, 6) is -2.62. The van der Waals surface area contributed by atoms with Crippen LogP contribution >= 0.6 is 0 Å². The maximum Gasteiger partial charge on any atom is 0.261 e. The van der Waals surface area contributed by atoms with E-state index in [2.05, 4.69) is 25.2 Å². The fourth-order valence-corrected chi connectivity index (χ4v) is 5.41. The van der Waals surface area contributed by atoms with Gasteiger partial charge in [-0.2, -0.15) is 0 Å². The summed E-state index contributed by atoms with van der Waals surface area (Å²) in [5, 5.41) is 3.45. The van der Waals surface area contributed by atoms with Gasteiger partial charge in [0.05, 0.1) is 30.8 Å². The maximum atomic E-state index is 13.6. The molecular formula is C26H32F2N8O3. The molecule has 2 aromatic heterocycles. The molecule has 1 unspecified atom stereocenters. The molecule has 0 aliphatic carbocycles. The number of H-pyrrole nitrogens is 1. The first-order valence-electron chi connectivity index (χ1n) is 12.9. The average molecular weight is 543 g/mol. The standard InChI is InChI=1S/C26H32F2N8O3/c1-14(24-31-12-17-21(37)20(23(30)38)22(29)33-25(17)34-24)32-18-4-3-16(11-19(18)39-2)35-8-5-15(6-9-35)36-10-7-26(27,28)13-36/h3-4,11-12,14-15,32H,5-10,13H2,1-2H3,(H2,30,38)(H3,29,31,33,34,37). The van der Waals surface area contributed by atoms with Crippen LogP contribution in [-0.4, -0.2) is 71.0 Å². The van der Waals surface area contributed by atoms with Gasteiger partial charge in [0.1, 0.15) is 22.8 Å². The van der Waals surface area contributed by atoms with Crippen molar-refractivity contribution < 1.29 is 18.3 Å². The van der Waals surface area contributed by atoms with Gasteiger partial charge in [0.15, 0.2) is 5.82 Å². The van der Waals surface area contributed by atoms with Crippen molar-refractivity contribution in [2.45, 2.75) is 44.2 Å². The number of halogens is 2. The zero-order chi connectivity index (χ0) is 27.9. The lowest BCUT2D eigenvalue weighted by Gasteiger charge is -2.38. The smallest absolute Gasteiger partial charge is 0.261 e. The van der Waals surface area contributed by atoms with Crippen LogP contribution in [0.1, 0.15) is 48.4 Å². The molecule has 11 nitrogen and oxygen atoms in total. The Bertz CT molecular complexity index is 1460. The van der Waals surface area contributed by atoms with Crippen molar-refractivity contribution in [1.82, 2.24) is 19.9 Å². The second-order valence-electron chi connectivity index (χ2n) is 10.1. The van der Waals surface area contributed by atoms with Gasteiger partial charge in [0.25, 0.3) is 11.8 Å². The normalized spacial score (nSPS) is 18.8. The molecule has 0 saturated carbocycles. The number of hydrogen-bond acceptors (Lipinski definition) is 9. The summed E-state index contributed by atoms with van der Waals surface area (Å²) in [7, 11) is 1.59. The number of carbonyl (C=O) groups excluding carboxylic acids is 1. The van der Waals surface area contributed by atoms with Gasteiger partial charge < -0.3 is 31.4 Å². The highest BCUT2D eigenvalue weighted by molar-refractivity contribution is 6.00. The van der Waals surface area contributed by atoms with Gasteiger partial charge in [-0.15, -0.1) is 0 Å². The largest absolute Gasteiger partial charge is 0.495 e. The SMILES string of the molecule is COc1cc(N2CCC(N3CCC(F)(F)C3)CC2)ccc1NC(C)c1ncc2c(=O)c(C(N)=O)c(N)[nH]c2n1. The first-order chi connectivity index (χ1) is 18.6. The van der Waals surface area contributed by atoms with Crippen LogP contribution in [0.5, 0.6) is 5.75 Å². The van der Waals surface area contributed by atoms with Crippen molar-refractivity contribution in [3.8, 4) is 5.75 Å². The van der Waals surface area contributed by atoms with Crippen LogP contribution in [0.15, 0.2) is 29.2 Å². The number of alkyl halides is 2. The van der Waals surface area contributed by atoms with E-state index in [-0.39, 0.29) is 47.5 Å². The van der Waals surface area contributed by atoms with E-state index in [0.717, 1.165) is 37.3 Å². The van der Waals surface area contributed by atoms with Crippen molar-refractivity contribution in [3.63, 3.8) is 0 Å². The molecule has 1 aromatic carbocycles. The Morgan fingerprint density at radius 3 is 2.67 bits per heavy atom. The number of aromatic nitrogens is 3. The van der Waals surface area contributed by atoms with Gasteiger partial charge >= 0.3 is 0 Å². The molecule has 2 aliphatic heterocycles. The quantitative estimate of drug-likeness (QED) is 0.352. The van der Waals surface area contributed by atoms with Gasteiger partial charge in [-0.25, -0.2) is 18.7 Å². The highest BCUT2D eigenvalue weighted by Crippen LogP contribution is 2.35. The zero-order valence-corrected chi connectivity index (χ0v) is 21.8. The number of nitrogens with one attached hydrogen (secondary N) is 2. The third kappa shape index (κ3) is 5.31. The summed E-state index contributed by atoms with van der Waals surface area (Å²) in [5.41, 5.74) is 12.1. The fourth-order valence-electron chi connectivity index (χ4n) is 5.41. The van der Waals surface area contributed by atoms with Gasteiger partial charge in [-0.05, 0) is 31.9 Å². The molecule has 6 N–H and O–H groups in total. The monoisotopic (exact) mass is 542 g/mol. The highest BCUT2D eigenvalue weighted by Gasteiger charge is 2.41. The molecule has 2 fully saturated rings. The average Bonchev–Trinajstić information content (AvgIpc) is 3.28. The number of fused-ring (bicyclic) bond motifs is 1. The molecule has 0 bridgehead atoms. The van der Waals surface area contributed by atoms with E-state index in [4.69, 9.17) is 16.2 Å². The van der Waals surface area contributed by atoms with E-state index in [1.165, 1.54) is 6.20 Å². The maximum absolute atomic E-state index is 13.6. The third-order valence-corrected chi connectivity index (χ3v) is 7.54. The third-order valence-electron chi connectivity index (χ3n) is 7.54. The number of rotatable bonds is 7. The van der Waals surface area contributed by atoms with Gasteiger partial charge in [0, 0.05) is 50.0 Å². The van der Waals surface area contributed by atoms with Gasteiger partial charge in [0.2, 0.25) is 5.43 Å². The van der Waals surface area contributed by atoms with Crippen LogP contribution in [0.4, 0.5) is 26.0 Å². The molecule has 208 valence electrons. The van der Waals surface area contributed by atoms with E-state index < -0.39 is 17.3 Å². The topological polar surface area (TPSA) is 155 Å². The number of anilines is 3. The molecule has 1 atom stereocenters. The Kier molecular flexibility index (Phi) is 7.02. The molecule has 2 aliphatic rings. The number of pyridine rings is 1. The van der Waals surface area contributed by atoms with Gasteiger partial charge in [-0.3, -0.25) is 14.5 Å². The number of benzene rings is 1. The van der Waals surface area contributed by atoms with Crippen molar-refractivity contribution >= 4 is 34.1 Å². The summed E-state index contributed by atoms with van der Waals surface area (Å²) in [6.07, 6.45) is 2.96. The van der Waals surface area contributed by atoms with Crippen molar-refractivity contribution in [1.29, 1.82) is 0 Å². The van der Waals surface area contributed by atoms with Crippen LogP contribution in [0.2, 0.25) is 0 Å². The minimum atomic E-state index is -2.57. The Labute approximate surface area is 223 Å². The van der Waals surface area contributed by atoms with E-state index in [0.29, 0.717) is 18.1 Å². The molecule has 2 saturated heterocycles. The van der Waals surface area contributed by atoms with Crippen LogP contribution < -0.4 is 31.8 Å². The number of likely N-dealkylation sites (tertiary alicyclic amines) is 1. The molecular weight excluding hydrogens is 510 g/mol. The molecule has 13 heteroatoms. The Morgan fingerprint density at radius 1 is 1.28 bits per heavy atom. The summed E-state index contributed by atoms with van der Waals surface area (Å²) in [4.78, 5) is 39.8. The lowest BCUT2D eigenvalue weighted by molar-refractivity contribution is 0.00628. The molecule has 0 spiro atoms. The second kappa shape index (κ2) is 10.3. The number of nitrogens with two attached hydrogens (primary N) is 2. The second-order valence-corrected chi connectivity index (χ2v) is 10.1. The predicted octanol–water partition coefficient (Wildman–Crippen LogP) is 2.49. The van der Waals surface area contributed by atoms with E-state index >= 15 is 0 Å². The van der Waals surface area contributed by atoms with E-state index in [1.807, 2.05) is 30.0 Å². The number of methoxy groups -OCH3 is 1.